The molecule has 0 saturated carbocycles. The van der Waals surface area contributed by atoms with E-state index in [-0.39, 0.29) is 17.5 Å². The number of nitrogens with zero attached hydrogens (tertiary/aromatic N) is 3. The average Bonchev–Trinajstić information content (AvgIpc) is 3.34. The molecule has 30 heavy (non-hydrogen) atoms. The average molecular weight is 409 g/mol. The number of benzene rings is 1. The van der Waals surface area contributed by atoms with Gasteiger partial charge in [0.15, 0.2) is 5.88 Å². The highest BCUT2D eigenvalue weighted by atomic mass is 16.6. The number of nitro benzene ring substituents is 1. The molecule has 0 aliphatic carbocycles. The number of carbonyl (C=O) groups excluding carboxylic acids is 1. The molecule has 0 radical (unpaired) electrons. The van der Waals surface area contributed by atoms with Gasteiger partial charge in [0.25, 0.3) is 11.6 Å². The van der Waals surface area contributed by atoms with Crippen LogP contribution in [0, 0.1) is 10.1 Å². The lowest BCUT2D eigenvalue weighted by Crippen LogP contribution is -2.40. The van der Waals surface area contributed by atoms with Gasteiger partial charge in [0.05, 0.1) is 21.7 Å². The molecule has 1 fully saturated rings. The van der Waals surface area contributed by atoms with Crippen LogP contribution in [-0.2, 0) is 0 Å². The van der Waals surface area contributed by atoms with Crippen LogP contribution in [0.5, 0.6) is 5.88 Å². The van der Waals surface area contributed by atoms with Crippen LogP contribution >= 0.6 is 0 Å². The lowest BCUT2D eigenvalue weighted by molar-refractivity contribution is -0.384. The second-order valence-electron chi connectivity index (χ2n) is 7.40. The van der Waals surface area contributed by atoms with Gasteiger partial charge in [-0.25, -0.2) is 0 Å². The number of nitro groups is 1. The van der Waals surface area contributed by atoms with E-state index in [1.54, 1.807) is 18.2 Å². The molecule has 1 aliphatic rings. The molecular formula is C21H23N5O4. The molecule has 156 valence electrons. The van der Waals surface area contributed by atoms with Gasteiger partial charge >= 0.3 is 0 Å². The Labute approximate surface area is 172 Å². The van der Waals surface area contributed by atoms with E-state index in [4.69, 9.17) is 0 Å². The number of aromatic nitrogens is 2. The SMILES string of the molecule is CCN1CCCC1CNC(=O)c1ccc(-c2c(O)[nH]c3ccc([N+](=O)[O-])cc23)nc1. The number of nitrogens with one attached hydrogen (secondary N) is 2. The van der Waals surface area contributed by atoms with E-state index in [1.807, 2.05) is 0 Å². The molecule has 1 aliphatic heterocycles. The maximum absolute atomic E-state index is 12.5. The van der Waals surface area contributed by atoms with Crippen LogP contribution in [0.4, 0.5) is 5.69 Å². The highest BCUT2D eigenvalue weighted by Crippen LogP contribution is 2.37. The molecule has 1 amide bonds. The smallest absolute Gasteiger partial charge is 0.270 e. The van der Waals surface area contributed by atoms with Crippen molar-refractivity contribution in [3.05, 3.63) is 52.2 Å². The second kappa shape index (κ2) is 8.11. The number of hydrogen-bond donors (Lipinski definition) is 3. The number of likely N-dealkylation sites (N-methyl/N-ethyl adjacent to an activating group) is 1. The van der Waals surface area contributed by atoms with Crippen LogP contribution in [0.15, 0.2) is 36.5 Å². The van der Waals surface area contributed by atoms with Crippen LogP contribution in [0.3, 0.4) is 0 Å². The summed E-state index contributed by atoms with van der Waals surface area (Å²) in [5, 5.41) is 24.8. The fourth-order valence-electron chi connectivity index (χ4n) is 4.07. The Hall–Kier alpha value is -3.46. The van der Waals surface area contributed by atoms with Crippen molar-refractivity contribution in [2.45, 2.75) is 25.8 Å². The second-order valence-corrected chi connectivity index (χ2v) is 7.40. The Morgan fingerprint density at radius 3 is 2.93 bits per heavy atom. The van der Waals surface area contributed by atoms with Crippen LogP contribution < -0.4 is 5.32 Å². The van der Waals surface area contributed by atoms with Crippen molar-refractivity contribution in [3.8, 4) is 17.1 Å². The summed E-state index contributed by atoms with van der Waals surface area (Å²) in [4.78, 5) is 32.6. The number of non-ortho nitro benzene ring substituents is 1. The van der Waals surface area contributed by atoms with Crippen molar-refractivity contribution < 1.29 is 14.8 Å². The quantitative estimate of drug-likeness (QED) is 0.425. The van der Waals surface area contributed by atoms with E-state index in [0.717, 1.165) is 25.9 Å². The molecular weight excluding hydrogens is 386 g/mol. The third-order valence-corrected chi connectivity index (χ3v) is 5.66. The molecule has 9 heteroatoms. The number of pyridine rings is 1. The first-order chi connectivity index (χ1) is 14.5. The highest BCUT2D eigenvalue weighted by Gasteiger charge is 2.23. The Kier molecular flexibility index (Phi) is 5.37. The summed E-state index contributed by atoms with van der Waals surface area (Å²) >= 11 is 0. The number of likely N-dealkylation sites (tertiary alicyclic amines) is 1. The van der Waals surface area contributed by atoms with Gasteiger partial charge in [0, 0.05) is 41.8 Å². The first-order valence-corrected chi connectivity index (χ1v) is 9.95. The maximum Gasteiger partial charge on any atom is 0.270 e. The fourth-order valence-corrected chi connectivity index (χ4v) is 4.07. The Morgan fingerprint density at radius 1 is 1.40 bits per heavy atom. The maximum atomic E-state index is 12.5. The number of H-pyrrole nitrogens is 1. The van der Waals surface area contributed by atoms with Crippen LogP contribution in [0.1, 0.15) is 30.1 Å². The van der Waals surface area contributed by atoms with Crippen molar-refractivity contribution in [1.29, 1.82) is 0 Å². The number of aromatic amines is 1. The van der Waals surface area contributed by atoms with Crippen molar-refractivity contribution >= 4 is 22.5 Å². The van der Waals surface area contributed by atoms with Gasteiger partial charge in [0.1, 0.15) is 0 Å². The minimum absolute atomic E-state index is 0.0771. The summed E-state index contributed by atoms with van der Waals surface area (Å²) in [7, 11) is 0. The van der Waals surface area contributed by atoms with E-state index in [9.17, 15) is 20.0 Å². The fraction of sp³-hybridized carbons (Fsp3) is 0.333. The van der Waals surface area contributed by atoms with E-state index in [1.165, 1.54) is 18.3 Å². The molecule has 0 bridgehead atoms. The Balaban J connectivity index is 1.53. The summed E-state index contributed by atoms with van der Waals surface area (Å²) in [6.07, 6.45) is 3.68. The number of amides is 1. The van der Waals surface area contributed by atoms with Gasteiger partial charge in [-0.3, -0.25) is 24.8 Å². The zero-order chi connectivity index (χ0) is 21.3. The normalized spacial score (nSPS) is 16.8. The standard InChI is InChI=1S/C21H23N5O4/c1-2-25-9-3-4-15(25)12-23-20(27)13-5-7-18(22-11-13)19-16-10-14(26(29)30)6-8-17(16)24-21(19)28/h5-8,10-11,15,24,28H,2-4,9,12H2,1H3,(H,23,27). The number of rotatable bonds is 6. The van der Waals surface area contributed by atoms with Gasteiger partial charge in [0.2, 0.25) is 0 Å². The summed E-state index contributed by atoms with van der Waals surface area (Å²) in [6.45, 7) is 4.77. The molecule has 1 aromatic carbocycles. The molecule has 3 heterocycles. The van der Waals surface area contributed by atoms with Gasteiger partial charge in [-0.05, 0) is 44.1 Å². The Morgan fingerprint density at radius 2 is 2.23 bits per heavy atom. The Bertz CT molecular complexity index is 1090. The van der Waals surface area contributed by atoms with Gasteiger partial charge < -0.3 is 15.4 Å². The monoisotopic (exact) mass is 409 g/mol. The topological polar surface area (TPSA) is 124 Å². The van der Waals surface area contributed by atoms with Crippen LogP contribution in [0.2, 0.25) is 0 Å². The van der Waals surface area contributed by atoms with Crippen LogP contribution in [0.25, 0.3) is 22.2 Å². The van der Waals surface area contributed by atoms with Crippen molar-refractivity contribution in [3.63, 3.8) is 0 Å². The van der Waals surface area contributed by atoms with E-state index >= 15 is 0 Å². The van der Waals surface area contributed by atoms with Gasteiger partial charge in [-0.2, -0.15) is 0 Å². The van der Waals surface area contributed by atoms with Crippen LogP contribution in [-0.4, -0.2) is 56.5 Å². The minimum atomic E-state index is -0.488. The van der Waals surface area contributed by atoms with E-state index in [0.29, 0.717) is 40.3 Å². The third kappa shape index (κ3) is 3.71. The van der Waals surface area contributed by atoms with Crippen molar-refractivity contribution in [2.24, 2.45) is 0 Å². The van der Waals surface area contributed by atoms with E-state index < -0.39 is 4.92 Å². The van der Waals surface area contributed by atoms with Crippen molar-refractivity contribution in [1.82, 2.24) is 20.2 Å². The summed E-state index contributed by atoms with van der Waals surface area (Å²) < 4.78 is 0. The number of hydrogen-bond acceptors (Lipinski definition) is 6. The molecule has 1 saturated heterocycles. The number of aromatic hydroxyl groups is 1. The number of fused-ring (bicyclic) bond motifs is 1. The lowest BCUT2D eigenvalue weighted by atomic mass is 10.1. The van der Waals surface area contributed by atoms with Gasteiger partial charge in [-0.1, -0.05) is 6.92 Å². The molecule has 1 atom stereocenters. The minimum Gasteiger partial charge on any atom is -0.494 e. The molecule has 4 rings (SSSR count). The summed E-state index contributed by atoms with van der Waals surface area (Å²) in [5.74, 6) is -0.327. The molecule has 3 N–H and O–H groups in total. The zero-order valence-electron chi connectivity index (χ0n) is 16.6. The first kappa shape index (κ1) is 19.8. The third-order valence-electron chi connectivity index (χ3n) is 5.66. The predicted molar refractivity (Wildman–Crippen MR) is 112 cm³/mol. The molecule has 0 spiro atoms. The summed E-state index contributed by atoms with van der Waals surface area (Å²) in [6, 6.07) is 7.94. The first-order valence-electron chi connectivity index (χ1n) is 9.95. The highest BCUT2D eigenvalue weighted by molar-refractivity contribution is 6.00. The predicted octanol–water partition coefficient (Wildman–Crippen LogP) is 3.06. The zero-order valence-corrected chi connectivity index (χ0v) is 16.6. The van der Waals surface area contributed by atoms with Gasteiger partial charge in [-0.15, -0.1) is 0 Å². The molecule has 3 aromatic rings. The molecule has 1 unspecified atom stereocenters. The summed E-state index contributed by atoms with van der Waals surface area (Å²) in [5.41, 5.74) is 1.69. The molecule has 9 nitrogen and oxygen atoms in total. The van der Waals surface area contributed by atoms with E-state index in [2.05, 4.69) is 27.1 Å². The molecule has 2 aromatic heterocycles. The van der Waals surface area contributed by atoms with Crippen molar-refractivity contribution in [2.75, 3.05) is 19.6 Å². The number of carbonyl (C=O) groups is 1. The lowest BCUT2D eigenvalue weighted by Gasteiger charge is -2.22. The largest absolute Gasteiger partial charge is 0.494 e.